The Kier molecular flexibility index (Phi) is 4.41. The third-order valence-electron chi connectivity index (χ3n) is 1.90. The summed E-state index contributed by atoms with van der Waals surface area (Å²) < 4.78 is 10.5. The molecular weight excluding hydrogens is 192 g/mol. The van der Waals surface area contributed by atoms with Crippen molar-refractivity contribution in [3.8, 4) is 11.5 Å². The largest absolute Gasteiger partial charge is 0.493 e. The van der Waals surface area contributed by atoms with Crippen LogP contribution >= 0.6 is 0 Å². The first kappa shape index (κ1) is 11.3. The van der Waals surface area contributed by atoms with E-state index in [2.05, 4.69) is 6.58 Å². The Bertz CT molecular complexity index is 345. The van der Waals surface area contributed by atoms with Crippen LogP contribution in [0.5, 0.6) is 11.5 Å². The van der Waals surface area contributed by atoms with Gasteiger partial charge in [-0.3, -0.25) is 0 Å². The molecule has 0 amide bonds. The second kappa shape index (κ2) is 5.86. The Balaban J connectivity index is 2.90. The van der Waals surface area contributed by atoms with Gasteiger partial charge < -0.3 is 14.3 Å². The van der Waals surface area contributed by atoms with Gasteiger partial charge in [-0.15, -0.1) is 0 Å². The molecule has 80 valence electrons. The summed E-state index contributed by atoms with van der Waals surface area (Å²) in [4.78, 5) is 10.4. The predicted octanol–water partition coefficient (Wildman–Crippen LogP) is 2.00. The van der Waals surface area contributed by atoms with Crippen molar-refractivity contribution in [3.05, 3.63) is 36.4 Å². The molecule has 1 rings (SSSR count). The summed E-state index contributed by atoms with van der Waals surface area (Å²) in [6.45, 7) is 3.99. The van der Waals surface area contributed by atoms with Crippen molar-refractivity contribution in [1.29, 1.82) is 0 Å². The van der Waals surface area contributed by atoms with Gasteiger partial charge in [0.25, 0.3) is 0 Å². The van der Waals surface area contributed by atoms with E-state index < -0.39 is 0 Å². The Morgan fingerprint density at radius 3 is 2.80 bits per heavy atom. The van der Waals surface area contributed by atoms with Gasteiger partial charge in [-0.25, -0.2) is 0 Å². The van der Waals surface area contributed by atoms with Crippen LogP contribution in [0.4, 0.5) is 0 Å². The van der Waals surface area contributed by atoms with E-state index in [0.717, 1.165) is 11.8 Å². The number of rotatable bonds is 6. The maximum absolute atomic E-state index is 10.4. The minimum Gasteiger partial charge on any atom is -0.493 e. The highest BCUT2D eigenvalue weighted by atomic mass is 16.5. The summed E-state index contributed by atoms with van der Waals surface area (Å²) in [5.41, 5.74) is 0.907. The predicted molar refractivity (Wildman–Crippen MR) is 58.5 cm³/mol. The summed E-state index contributed by atoms with van der Waals surface area (Å²) in [5, 5.41) is 0. The van der Waals surface area contributed by atoms with Crippen LogP contribution in [0.25, 0.3) is 0 Å². The first-order chi connectivity index (χ1) is 7.31. The Labute approximate surface area is 89.3 Å². The summed E-state index contributed by atoms with van der Waals surface area (Å²) in [6, 6.07) is 5.43. The number of hydrogen-bond acceptors (Lipinski definition) is 3. The molecule has 3 heteroatoms. The zero-order valence-corrected chi connectivity index (χ0v) is 8.73. The van der Waals surface area contributed by atoms with Gasteiger partial charge in [0, 0.05) is 6.42 Å². The van der Waals surface area contributed by atoms with Crippen molar-refractivity contribution >= 4 is 6.29 Å². The first-order valence-electron chi connectivity index (χ1n) is 4.66. The number of carbonyl (C=O) groups is 1. The van der Waals surface area contributed by atoms with Gasteiger partial charge in [-0.1, -0.05) is 18.7 Å². The van der Waals surface area contributed by atoms with Crippen LogP contribution in [0.15, 0.2) is 30.9 Å². The van der Waals surface area contributed by atoms with E-state index in [-0.39, 0.29) is 0 Å². The SMILES string of the molecule is C=CCOc1cc(CC=O)ccc1OC. The third kappa shape index (κ3) is 3.13. The smallest absolute Gasteiger partial charge is 0.161 e. The molecule has 0 radical (unpaired) electrons. The van der Waals surface area contributed by atoms with E-state index in [4.69, 9.17) is 9.47 Å². The van der Waals surface area contributed by atoms with Crippen molar-refractivity contribution in [3.63, 3.8) is 0 Å². The van der Waals surface area contributed by atoms with Gasteiger partial charge in [0.15, 0.2) is 11.5 Å². The molecule has 0 aliphatic heterocycles. The maximum Gasteiger partial charge on any atom is 0.161 e. The van der Waals surface area contributed by atoms with E-state index in [0.29, 0.717) is 24.5 Å². The average Bonchev–Trinajstić information content (AvgIpc) is 2.27. The number of carbonyl (C=O) groups excluding carboxylic acids is 1. The Morgan fingerprint density at radius 2 is 2.20 bits per heavy atom. The molecule has 0 atom stereocenters. The average molecular weight is 206 g/mol. The molecule has 0 aliphatic rings. The van der Waals surface area contributed by atoms with Crippen molar-refractivity contribution in [2.45, 2.75) is 6.42 Å². The van der Waals surface area contributed by atoms with Crippen molar-refractivity contribution in [2.24, 2.45) is 0 Å². The molecule has 1 aromatic carbocycles. The highest BCUT2D eigenvalue weighted by Gasteiger charge is 2.04. The normalized spacial score (nSPS) is 9.40. The van der Waals surface area contributed by atoms with Gasteiger partial charge in [0.2, 0.25) is 0 Å². The lowest BCUT2D eigenvalue weighted by Gasteiger charge is -2.10. The lowest BCUT2D eigenvalue weighted by molar-refractivity contribution is -0.107. The quantitative estimate of drug-likeness (QED) is 0.527. The maximum atomic E-state index is 10.4. The molecule has 0 saturated heterocycles. The van der Waals surface area contributed by atoms with Crippen LogP contribution < -0.4 is 9.47 Å². The number of aldehydes is 1. The Morgan fingerprint density at radius 1 is 1.40 bits per heavy atom. The molecule has 0 N–H and O–H groups in total. The van der Waals surface area contributed by atoms with E-state index in [9.17, 15) is 4.79 Å². The Hall–Kier alpha value is -1.77. The molecule has 3 nitrogen and oxygen atoms in total. The molecule has 0 heterocycles. The summed E-state index contributed by atoms with van der Waals surface area (Å²) >= 11 is 0. The number of hydrogen-bond donors (Lipinski definition) is 0. The monoisotopic (exact) mass is 206 g/mol. The minimum atomic E-state index is 0.383. The molecule has 0 fully saturated rings. The minimum absolute atomic E-state index is 0.383. The number of ether oxygens (including phenoxy) is 2. The van der Waals surface area contributed by atoms with Gasteiger partial charge in [0.05, 0.1) is 7.11 Å². The van der Waals surface area contributed by atoms with Crippen molar-refractivity contribution < 1.29 is 14.3 Å². The summed E-state index contributed by atoms with van der Waals surface area (Å²) in [5.74, 6) is 1.29. The van der Waals surface area contributed by atoms with Gasteiger partial charge in [0.1, 0.15) is 12.9 Å². The van der Waals surface area contributed by atoms with Crippen LogP contribution in [0.2, 0.25) is 0 Å². The van der Waals surface area contributed by atoms with Gasteiger partial charge >= 0.3 is 0 Å². The molecule has 0 spiro atoms. The number of methoxy groups -OCH3 is 1. The second-order valence-corrected chi connectivity index (χ2v) is 2.96. The van der Waals surface area contributed by atoms with Crippen LogP contribution in [-0.2, 0) is 11.2 Å². The molecule has 0 aliphatic carbocycles. The van der Waals surface area contributed by atoms with Crippen LogP contribution in [0.1, 0.15) is 5.56 Å². The molecule has 1 aromatic rings. The summed E-state index contributed by atoms with van der Waals surface area (Å²) in [6.07, 6.45) is 2.90. The standard InChI is InChI=1S/C12H14O3/c1-3-8-15-12-9-10(6-7-13)4-5-11(12)14-2/h3-5,7,9H,1,6,8H2,2H3. The lowest BCUT2D eigenvalue weighted by Crippen LogP contribution is -1.97. The fraction of sp³-hybridized carbons (Fsp3) is 0.250. The van der Waals surface area contributed by atoms with Crippen LogP contribution in [-0.4, -0.2) is 20.0 Å². The second-order valence-electron chi connectivity index (χ2n) is 2.96. The molecule has 15 heavy (non-hydrogen) atoms. The van der Waals surface area contributed by atoms with Crippen molar-refractivity contribution in [1.82, 2.24) is 0 Å². The molecule has 0 saturated carbocycles. The molecule has 0 unspecified atom stereocenters. The topological polar surface area (TPSA) is 35.5 Å². The van der Waals surface area contributed by atoms with Gasteiger partial charge in [-0.2, -0.15) is 0 Å². The fourth-order valence-corrected chi connectivity index (χ4v) is 1.21. The zero-order chi connectivity index (χ0) is 11.1. The van der Waals surface area contributed by atoms with Crippen LogP contribution in [0, 0.1) is 0 Å². The van der Waals surface area contributed by atoms with Gasteiger partial charge in [-0.05, 0) is 17.7 Å². The molecule has 0 aromatic heterocycles. The highest BCUT2D eigenvalue weighted by molar-refractivity contribution is 5.56. The fourth-order valence-electron chi connectivity index (χ4n) is 1.21. The number of benzene rings is 1. The molecule has 0 bridgehead atoms. The summed E-state index contributed by atoms with van der Waals surface area (Å²) in [7, 11) is 1.58. The van der Waals surface area contributed by atoms with E-state index >= 15 is 0 Å². The first-order valence-corrected chi connectivity index (χ1v) is 4.66. The van der Waals surface area contributed by atoms with E-state index in [1.165, 1.54) is 0 Å². The lowest BCUT2D eigenvalue weighted by atomic mass is 10.1. The highest BCUT2D eigenvalue weighted by Crippen LogP contribution is 2.28. The van der Waals surface area contributed by atoms with E-state index in [1.54, 1.807) is 25.3 Å². The van der Waals surface area contributed by atoms with Crippen molar-refractivity contribution in [2.75, 3.05) is 13.7 Å². The molecular formula is C12H14O3. The third-order valence-corrected chi connectivity index (χ3v) is 1.90. The zero-order valence-electron chi connectivity index (χ0n) is 8.73. The van der Waals surface area contributed by atoms with E-state index in [1.807, 2.05) is 6.07 Å². The van der Waals surface area contributed by atoms with Crippen LogP contribution in [0.3, 0.4) is 0 Å².